The number of hydrogen-bond acceptors (Lipinski definition) is 3. The Morgan fingerprint density at radius 3 is 2.47 bits per heavy atom. The fourth-order valence-corrected chi connectivity index (χ4v) is 1.65. The first-order chi connectivity index (χ1) is 8.93. The highest BCUT2D eigenvalue weighted by atomic mass is 16.3. The Labute approximate surface area is 114 Å². The van der Waals surface area contributed by atoms with Crippen molar-refractivity contribution in [3.8, 4) is 0 Å². The van der Waals surface area contributed by atoms with Crippen LogP contribution in [0.15, 0.2) is 30.3 Å². The fourth-order valence-electron chi connectivity index (χ4n) is 1.65. The molecule has 0 aliphatic heterocycles. The maximum Gasteiger partial charge on any atom is 0.316 e. The van der Waals surface area contributed by atoms with Gasteiger partial charge in [0.1, 0.15) is 0 Å². The molecule has 3 N–H and O–H groups in total. The van der Waals surface area contributed by atoms with E-state index < -0.39 is 5.60 Å². The zero-order chi connectivity index (χ0) is 14.3. The van der Waals surface area contributed by atoms with Crippen LogP contribution in [0.5, 0.6) is 0 Å². The maximum absolute atomic E-state index is 11.3. The number of nitrogens with zero attached hydrogens (tertiary/aromatic N) is 1. The van der Waals surface area contributed by atoms with Gasteiger partial charge in [0.2, 0.25) is 0 Å². The molecule has 0 saturated carbocycles. The van der Waals surface area contributed by atoms with Gasteiger partial charge in [-0.1, -0.05) is 30.3 Å². The molecular formula is C14H23N3O2. The lowest BCUT2D eigenvalue weighted by Gasteiger charge is -2.24. The third-order valence-corrected chi connectivity index (χ3v) is 2.85. The minimum absolute atomic E-state index is 0.114. The highest BCUT2D eigenvalue weighted by molar-refractivity contribution is 5.73. The van der Waals surface area contributed by atoms with Gasteiger partial charge < -0.3 is 20.6 Å². The predicted octanol–water partition coefficient (Wildman–Crippen LogP) is 0.755. The van der Waals surface area contributed by atoms with Gasteiger partial charge in [-0.25, -0.2) is 4.79 Å². The molecule has 5 heteroatoms. The zero-order valence-electron chi connectivity index (χ0n) is 11.8. The van der Waals surface area contributed by atoms with Crippen molar-refractivity contribution in [1.82, 2.24) is 15.5 Å². The van der Waals surface area contributed by atoms with Gasteiger partial charge in [0, 0.05) is 33.7 Å². The van der Waals surface area contributed by atoms with Crippen molar-refractivity contribution in [2.24, 2.45) is 0 Å². The molecule has 1 aromatic rings. The van der Waals surface area contributed by atoms with Crippen molar-refractivity contribution in [1.29, 1.82) is 0 Å². The lowest BCUT2D eigenvalue weighted by molar-refractivity contribution is 0.0573. The van der Waals surface area contributed by atoms with Crippen LogP contribution in [0.1, 0.15) is 12.5 Å². The number of urea groups is 1. The zero-order valence-corrected chi connectivity index (χ0v) is 11.8. The van der Waals surface area contributed by atoms with Crippen molar-refractivity contribution >= 4 is 6.03 Å². The molecular weight excluding hydrogens is 242 g/mol. The first-order valence-corrected chi connectivity index (χ1v) is 6.37. The predicted molar refractivity (Wildman–Crippen MR) is 76.0 cm³/mol. The molecule has 0 heterocycles. The van der Waals surface area contributed by atoms with E-state index in [1.165, 1.54) is 4.90 Å². The summed E-state index contributed by atoms with van der Waals surface area (Å²) in [6.45, 7) is 3.35. The number of benzene rings is 1. The summed E-state index contributed by atoms with van der Waals surface area (Å²) < 4.78 is 0. The SMILES string of the molecule is CN(C)C(=O)NCCNCC(C)(O)c1ccccc1. The Morgan fingerprint density at radius 2 is 1.89 bits per heavy atom. The Balaban J connectivity index is 2.27. The van der Waals surface area contributed by atoms with Crippen LogP contribution in [0.4, 0.5) is 4.79 Å². The van der Waals surface area contributed by atoms with Crippen molar-refractivity contribution in [2.45, 2.75) is 12.5 Å². The molecule has 106 valence electrons. The van der Waals surface area contributed by atoms with Crippen LogP contribution in [0.25, 0.3) is 0 Å². The third-order valence-electron chi connectivity index (χ3n) is 2.85. The van der Waals surface area contributed by atoms with Crippen molar-refractivity contribution in [3.63, 3.8) is 0 Å². The summed E-state index contributed by atoms with van der Waals surface area (Å²) in [5.74, 6) is 0. The minimum Gasteiger partial charge on any atom is -0.384 e. The van der Waals surface area contributed by atoms with E-state index in [0.717, 1.165) is 5.56 Å². The van der Waals surface area contributed by atoms with Gasteiger partial charge in [-0.15, -0.1) is 0 Å². The second-order valence-electron chi connectivity index (χ2n) is 4.94. The summed E-state index contributed by atoms with van der Waals surface area (Å²) in [5, 5.41) is 16.2. The van der Waals surface area contributed by atoms with Crippen molar-refractivity contribution in [3.05, 3.63) is 35.9 Å². The second-order valence-corrected chi connectivity index (χ2v) is 4.94. The topological polar surface area (TPSA) is 64.6 Å². The lowest BCUT2D eigenvalue weighted by Crippen LogP contribution is -2.41. The molecule has 0 fully saturated rings. The van der Waals surface area contributed by atoms with Gasteiger partial charge in [0.15, 0.2) is 0 Å². The Bertz CT molecular complexity index is 391. The molecule has 5 nitrogen and oxygen atoms in total. The molecule has 0 spiro atoms. The van der Waals surface area contributed by atoms with Crippen molar-refractivity contribution < 1.29 is 9.90 Å². The normalized spacial score (nSPS) is 13.7. The summed E-state index contributed by atoms with van der Waals surface area (Å²) in [4.78, 5) is 12.7. The summed E-state index contributed by atoms with van der Waals surface area (Å²) in [5.41, 5.74) is -0.0351. The van der Waals surface area contributed by atoms with E-state index in [4.69, 9.17) is 0 Å². The van der Waals surface area contributed by atoms with Crippen LogP contribution < -0.4 is 10.6 Å². The molecule has 0 radical (unpaired) electrons. The summed E-state index contributed by atoms with van der Waals surface area (Å²) >= 11 is 0. The molecule has 2 amide bonds. The quantitative estimate of drug-likeness (QED) is 0.665. The molecule has 1 aromatic carbocycles. The molecule has 1 atom stereocenters. The number of amides is 2. The van der Waals surface area contributed by atoms with Crippen LogP contribution in [0.3, 0.4) is 0 Å². The average molecular weight is 265 g/mol. The molecule has 0 aliphatic rings. The number of carbonyl (C=O) groups excluding carboxylic acids is 1. The van der Waals surface area contributed by atoms with Gasteiger partial charge in [-0.05, 0) is 12.5 Å². The molecule has 0 aliphatic carbocycles. The van der Waals surface area contributed by atoms with E-state index in [-0.39, 0.29) is 6.03 Å². The molecule has 0 aromatic heterocycles. The Kier molecular flexibility index (Phi) is 5.79. The van der Waals surface area contributed by atoms with Gasteiger partial charge in [0.05, 0.1) is 5.60 Å². The third kappa shape index (κ3) is 5.28. The summed E-state index contributed by atoms with van der Waals surface area (Å²) in [7, 11) is 3.39. The van der Waals surface area contributed by atoms with Crippen LogP contribution in [0, 0.1) is 0 Å². The molecule has 0 bridgehead atoms. The van der Waals surface area contributed by atoms with Crippen LogP contribution >= 0.6 is 0 Å². The average Bonchev–Trinajstić information content (AvgIpc) is 2.39. The summed E-state index contributed by atoms with van der Waals surface area (Å²) in [6.07, 6.45) is 0. The number of carbonyl (C=O) groups is 1. The summed E-state index contributed by atoms with van der Waals surface area (Å²) in [6, 6.07) is 9.41. The van der Waals surface area contributed by atoms with E-state index in [1.807, 2.05) is 30.3 Å². The maximum atomic E-state index is 11.3. The minimum atomic E-state index is -0.910. The van der Waals surface area contributed by atoms with Gasteiger partial charge >= 0.3 is 6.03 Å². The van der Waals surface area contributed by atoms with E-state index in [1.54, 1.807) is 21.0 Å². The van der Waals surface area contributed by atoms with Gasteiger partial charge in [-0.2, -0.15) is 0 Å². The first-order valence-electron chi connectivity index (χ1n) is 6.37. The first kappa shape index (κ1) is 15.5. The number of aliphatic hydroxyl groups is 1. The van der Waals surface area contributed by atoms with Crippen LogP contribution in [-0.2, 0) is 5.60 Å². The van der Waals surface area contributed by atoms with E-state index in [0.29, 0.717) is 19.6 Å². The standard InChI is InChI=1S/C14H23N3O2/c1-14(19,12-7-5-4-6-8-12)11-15-9-10-16-13(18)17(2)3/h4-8,15,19H,9-11H2,1-3H3,(H,16,18). The van der Waals surface area contributed by atoms with E-state index in [2.05, 4.69) is 10.6 Å². The molecule has 0 saturated heterocycles. The number of nitrogens with one attached hydrogen (secondary N) is 2. The van der Waals surface area contributed by atoms with Crippen molar-refractivity contribution in [2.75, 3.05) is 33.7 Å². The largest absolute Gasteiger partial charge is 0.384 e. The molecule has 1 unspecified atom stereocenters. The van der Waals surface area contributed by atoms with E-state index in [9.17, 15) is 9.90 Å². The Morgan fingerprint density at radius 1 is 1.26 bits per heavy atom. The molecule has 19 heavy (non-hydrogen) atoms. The number of rotatable bonds is 6. The van der Waals surface area contributed by atoms with Crippen LogP contribution in [0.2, 0.25) is 0 Å². The monoisotopic (exact) mass is 265 g/mol. The smallest absolute Gasteiger partial charge is 0.316 e. The van der Waals surface area contributed by atoms with Gasteiger partial charge in [-0.3, -0.25) is 0 Å². The highest BCUT2D eigenvalue weighted by Gasteiger charge is 2.21. The van der Waals surface area contributed by atoms with Crippen LogP contribution in [-0.4, -0.2) is 49.8 Å². The Hall–Kier alpha value is -1.59. The van der Waals surface area contributed by atoms with Gasteiger partial charge in [0.25, 0.3) is 0 Å². The fraction of sp³-hybridized carbons (Fsp3) is 0.500. The van der Waals surface area contributed by atoms with E-state index >= 15 is 0 Å². The number of hydrogen-bond donors (Lipinski definition) is 3. The highest BCUT2D eigenvalue weighted by Crippen LogP contribution is 2.18. The second kappa shape index (κ2) is 7.11. The molecule has 1 rings (SSSR count). The lowest BCUT2D eigenvalue weighted by atomic mass is 9.96.